The Bertz CT molecular complexity index is 981. The largest absolute Gasteiger partial charge is 0.369 e. The molecule has 3 aromatic heterocycles. The molecule has 1 aliphatic heterocycles. The van der Waals surface area contributed by atoms with Gasteiger partial charge in [0.1, 0.15) is 11.6 Å². The monoisotopic (exact) mass is 361 g/mol. The van der Waals surface area contributed by atoms with E-state index in [0.717, 1.165) is 61.0 Å². The minimum absolute atomic E-state index is 0.574. The zero-order valence-corrected chi connectivity index (χ0v) is 15.5. The maximum absolute atomic E-state index is 4.56. The average Bonchev–Trinajstić information content (AvgIpc) is 2.66. The molecule has 1 N–H and O–H groups in total. The summed E-state index contributed by atoms with van der Waals surface area (Å²) in [5, 5.41) is 13.4. The molecule has 7 nitrogen and oxygen atoms in total. The van der Waals surface area contributed by atoms with Crippen LogP contribution < -0.4 is 10.2 Å². The van der Waals surface area contributed by atoms with Crippen LogP contribution in [0, 0.1) is 12.8 Å². The molecule has 1 aliphatic carbocycles. The molecule has 7 heteroatoms. The molecule has 4 heterocycles. The van der Waals surface area contributed by atoms with Gasteiger partial charge in [0, 0.05) is 31.7 Å². The number of pyridine rings is 1. The van der Waals surface area contributed by atoms with Crippen LogP contribution in [0.15, 0.2) is 24.4 Å². The highest BCUT2D eigenvalue weighted by Crippen LogP contribution is 2.27. The lowest BCUT2D eigenvalue weighted by Gasteiger charge is -2.40. The lowest BCUT2D eigenvalue weighted by atomic mass is 9.95. The summed E-state index contributed by atoms with van der Waals surface area (Å²) in [6.45, 7) is 4.79. The first kappa shape index (κ1) is 16.4. The highest BCUT2D eigenvalue weighted by molar-refractivity contribution is 5.86. The molecule has 0 bridgehead atoms. The van der Waals surface area contributed by atoms with Gasteiger partial charge >= 0.3 is 0 Å². The van der Waals surface area contributed by atoms with Crippen molar-refractivity contribution in [3.05, 3.63) is 41.5 Å². The molecule has 0 spiro atoms. The summed E-state index contributed by atoms with van der Waals surface area (Å²) in [5.41, 5.74) is 3.33. The van der Waals surface area contributed by atoms with Crippen molar-refractivity contribution in [2.24, 2.45) is 5.92 Å². The van der Waals surface area contributed by atoms with Crippen LogP contribution in [0.1, 0.15) is 29.9 Å². The number of nitrogens with one attached hydrogen (secondary N) is 1. The van der Waals surface area contributed by atoms with Gasteiger partial charge in [0.15, 0.2) is 11.5 Å². The van der Waals surface area contributed by atoms with Gasteiger partial charge in [-0.05, 0) is 56.4 Å². The fraction of sp³-hybridized carbons (Fsp3) is 0.450. The standard InChI is InChI=1S/C20H23N7/c1-13-23-19-16(6-4-8-21-19)20(24-13)22-10-14-11-27(12-14)18-9-15-5-2-3-7-17(15)25-26-18/h4,6,8-9,14H,2-3,5,7,10-12H2,1H3,(H,21,22,23,24). The number of fused-ring (bicyclic) bond motifs is 2. The van der Waals surface area contributed by atoms with E-state index < -0.39 is 0 Å². The fourth-order valence-corrected chi connectivity index (χ4v) is 3.97. The van der Waals surface area contributed by atoms with Gasteiger partial charge in [-0.3, -0.25) is 0 Å². The minimum Gasteiger partial charge on any atom is -0.369 e. The first-order chi connectivity index (χ1) is 13.3. The third-order valence-corrected chi connectivity index (χ3v) is 5.48. The normalized spacial score (nSPS) is 16.9. The SMILES string of the molecule is Cc1nc(NCC2CN(c3cc4c(nn3)CCCC4)C2)c2cccnc2n1. The number of hydrogen-bond donors (Lipinski definition) is 1. The minimum atomic E-state index is 0.574. The molecule has 0 saturated carbocycles. The molecule has 0 radical (unpaired) electrons. The second-order valence-corrected chi connectivity index (χ2v) is 7.53. The molecule has 1 fully saturated rings. The molecular weight excluding hydrogens is 338 g/mol. The van der Waals surface area contributed by atoms with Gasteiger partial charge < -0.3 is 10.2 Å². The first-order valence-electron chi connectivity index (χ1n) is 9.70. The van der Waals surface area contributed by atoms with Gasteiger partial charge in [-0.1, -0.05) is 0 Å². The highest BCUT2D eigenvalue weighted by Gasteiger charge is 2.29. The smallest absolute Gasteiger partial charge is 0.164 e. The van der Waals surface area contributed by atoms with E-state index in [2.05, 4.69) is 41.4 Å². The van der Waals surface area contributed by atoms with E-state index in [4.69, 9.17) is 0 Å². The Morgan fingerprint density at radius 2 is 2.04 bits per heavy atom. The molecule has 0 unspecified atom stereocenters. The van der Waals surface area contributed by atoms with Crippen molar-refractivity contribution in [1.29, 1.82) is 0 Å². The summed E-state index contributed by atoms with van der Waals surface area (Å²) < 4.78 is 0. The summed E-state index contributed by atoms with van der Waals surface area (Å²) in [6.07, 6.45) is 6.50. The second kappa shape index (κ2) is 6.72. The molecule has 0 atom stereocenters. The van der Waals surface area contributed by atoms with Gasteiger partial charge in [-0.2, -0.15) is 5.10 Å². The molecule has 0 aromatic carbocycles. The van der Waals surface area contributed by atoms with Gasteiger partial charge in [0.2, 0.25) is 0 Å². The lowest BCUT2D eigenvalue weighted by Crippen LogP contribution is -2.50. The van der Waals surface area contributed by atoms with Gasteiger partial charge in [-0.15, -0.1) is 5.10 Å². The number of aromatic nitrogens is 5. The Hall–Kier alpha value is -2.83. The summed E-state index contributed by atoms with van der Waals surface area (Å²) in [6, 6.07) is 6.18. The van der Waals surface area contributed by atoms with E-state index in [1.54, 1.807) is 6.20 Å². The Morgan fingerprint density at radius 1 is 1.15 bits per heavy atom. The number of hydrogen-bond acceptors (Lipinski definition) is 7. The average molecular weight is 361 g/mol. The zero-order chi connectivity index (χ0) is 18.2. The van der Waals surface area contributed by atoms with E-state index in [1.165, 1.54) is 24.1 Å². The predicted molar refractivity (Wildman–Crippen MR) is 105 cm³/mol. The van der Waals surface area contributed by atoms with E-state index >= 15 is 0 Å². The van der Waals surface area contributed by atoms with Crippen LogP contribution >= 0.6 is 0 Å². The predicted octanol–water partition coefficient (Wildman–Crippen LogP) is 2.55. The molecule has 1 saturated heterocycles. The summed E-state index contributed by atoms with van der Waals surface area (Å²) in [4.78, 5) is 15.6. The van der Waals surface area contributed by atoms with Crippen LogP contribution in [-0.2, 0) is 12.8 Å². The molecule has 138 valence electrons. The third kappa shape index (κ3) is 3.18. The molecule has 27 heavy (non-hydrogen) atoms. The van der Waals surface area contributed by atoms with Crippen molar-refractivity contribution in [2.75, 3.05) is 29.9 Å². The van der Waals surface area contributed by atoms with E-state index in [0.29, 0.717) is 5.92 Å². The molecular formula is C20H23N7. The lowest BCUT2D eigenvalue weighted by molar-refractivity contribution is 0.424. The van der Waals surface area contributed by atoms with Crippen LogP contribution in [-0.4, -0.2) is 44.8 Å². The van der Waals surface area contributed by atoms with Crippen molar-refractivity contribution < 1.29 is 0 Å². The topological polar surface area (TPSA) is 79.7 Å². The van der Waals surface area contributed by atoms with E-state index in [1.807, 2.05) is 19.1 Å². The molecule has 2 aliphatic rings. The van der Waals surface area contributed by atoms with Crippen LogP contribution in [0.25, 0.3) is 11.0 Å². The summed E-state index contributed by atoms with van der Waals surface area (Å²) in [7, 11) is 0. The molecule has 5 rings (SSSR count). The molecule has 3 aromatic rings. The quantitative estimate of drug-likeness (QED) is 0.765. The highest BCUT2D eigenvalue weighted by atomic mass is 15.3. The van der Waals surface area contributed by atoms with Crippen molar-refractivity contribution >= 4 is 22.7 Å². The summed E-state index contributed by atoms with van der Waals surface area (Å²) in [5.74, 6) is 3.21. The van der Waals surface area contributed by atoms with Crippen molar-refractivity contribution in [3.8, 4) is 0 Å². The Morgan fingerprint density at radius 3 is 2.96 bits per heavy atom. The van der Waals surface area contributed by atoms with Gasteiger partial charge in [-0.25, -0.2) is 15.0 Å². The maximum Gasteiger partial charge on any atom is 0.164 e. The van der Waals surface area contributed by atoms with E-state index in [-0.39, 0.29) is 0 Å². The number of nitrogens with zero attached hydrogens (tertiary/aromatic N) is 6. The van der Waals surface area contributed by atoms with Crippen molar-refractivity contribution in [1.82, 2.24) is 25.1 Å². The first-order valence-corrected chi connectivity index (χ1v) is 9.70. The second-order valence-electron chi connectivity index (χ2n) is 7.53. The van der Waals surface area contributed by atoms with E-state index in [9.17, 15) is 0 Å². The van der Waals surface area contributed by atoms with Crippen LogP contribution in [0.2, 0.25) is 0 Å². The Labute approximate surface area is 158 Å². The number of rotatable bonds is 4. The maximum atomic E-state index is 4.56. The Balaban J connectivity index is 1.23. The van der Waals surface area contributed by atoms with Crippen molar-refractivity contribution in [3.63, 3.8) is 0 Å². The zero-order valence-electron chi connectivity index (χ0n) is 15.5. The van der Waals surface area contributed by atoms with Gasteiger partial charge in [0.05, 0.1) is 11.1 Å². The van der Waals surface area contributed by atoms with Crippen LogP contribution in [0.3, 0.4) is 0 Å². The van der Waals surface area contributed by atoms with Crippen LogP contribution in [0.4, 0.5) is 11.6 Å². The fourth-order valence-electron chi connectivity index (χ4n) is 3.97. The Kier molecular flexibility index (Phi) is 4.07. The summed E-state index contributed by atoms with van der Waals surface area (Å²) >= 11 is 0. The molecule has 0 amide bonds. The van der Waals surface area contributed by atoms with Crippen LogP contribution in [0.5, 0.6) is 0 Å². The number of aryl methyl sites for hydroxylation is 3. The third-order valence-electron chi connectivity index (χ3n) is 5.48. The van der Waals surface area contributed by atoms with Crippen molar-refractivity contribution in [2.45, 2.75) is 32.6 Å². The van der Waals surface area contributed by atoms with Gasteiger partial charge in [0.25, 0.3) is 0 Å². The number of anilines is 2.